The number of ether oxygens (including phenoxy) is 2. The number of esters is 1. The maximum absolute atomic E-state index is 11.8. The number of benzene rings is 1. The van der Waals surface area contributed by atoms with Crippen molar-refractivity contribution in [1.82, 2.24) is 0 Å². The van der Waals surface area contributed by atoms with Crippen molar-refractivity contribution in [2.75, 3.05) is 6.61 Å². The van der Waals surface area contributed by atoms with Gasteiger partial charge in [0.1, 0.15) is 5.75 Å². The predicted octanol–water partition coefficient (Wildman–Crippen LogP) is 0.225. The Bertz CT molecular complexity index is 736. The Morgan fingerprint density at radius 2 is 2.08 bits per heavy atom. The van der Waals surface area contributed by atoms with E-state index in [4.69, 9.17) is 32.7 Å². The standard InChI is InChI=1S/C13H11Cl2O6PS.Na/c14-8-3-4-10(9(15)6-8)20-7-12(16)21-13(22(17,18)19)11-2-1-5-23-11;/h1-6,13H,7H2,(H2,17,18,19);/q;+1/p-1. The van der Waals surface area contributed by atoms with E-state index in [-0.39, 0.29) is 45.2 Å². The van der Waals surface area contributed by atoms with E-state index < -0.39 is 26.0 Å². The first kappa shape index (κ1) is 22.0. The van der Waals surface area contributed by atoms with E-state index in [0.29, 0.717) is 5.02 Å². The summed E-state index contributed by atoms with van der Waals surface area (Å²) in [5, 5.41) is 2.18. The van der Waals surface area contributed by atoms with Gasteiger partial charge in [-0.05, 0) is 29.6 Å². The van der Waals surface area contributed by atoms with Gasteiger partial charge in [-0.2, -0.15) is 0 Å². The fraction of sp³-hybridized carbons (Fsp3) is 0.154. The Morgan fingerprint density at radius 1 is 1.38 bits per heavy atom. The average molecular weight is 419 g/mol. The van der Waals surface area contributed by atoms with Gasteiger partial charge in [-0.15, -0.1) is 11.3 Å². The Morgan fingerprint density at radius 3 is 2.62 bits per heavy atom. The molecule has 0 bridgehead atoms. The van der Waals surface area contributed by atoms with Crippen molar-refractivity contribution in [1.29, 1.82) is 0 Å². The third-order valence-corrected chi connectivity index (χ3v) is 5.16. The van der Waals surface area contributed by atoms with Crippen LogP contribution in [0.15, 0.2) is 35.7 Å². The zero-order valence-corrected chi connectivity index (χ0v) is 17.6. The molecule has 1 heterocycles. The first-order chi connectivity index (χ1) is 10.8. The first-order valence-corrected chi connectivity index (χ1v) is 9.40. The van der Waals surface area contributed by atoms with Crippen molar-refractivity contribution in [3.63, 3.8) is 0 Å². The molecule has 1 aromatic carbocycles. The van der Waals surface area contributed by atoms with Gasteiger partial charge >= 0.3 is 35.5 Å². The number of carbonyl (C=O) groups is 1. The Labute approximate surface area is 174 Å². The van der Waals surface area contributed by atoms with Gasteiger partial charge in [-0.25, -0.2) is 4.79 Å². The molecule has 0 aliphatic heterocycles. The van der Waals surface area contributed by atoms with Crippen LogP contribution < -0.4 is 39.2 Å². The van der Waals surface area contributed by atoms with Gasteiger partial charge in [-0.1, -0.05) is 29.3 Å². The van der Waals surface area contributed by atoms with Crippen LogP contribution in [0.4, 0.5) is 0 Å². The average Bonchev–Trinajstić information content (AvgIpc) is 2.96. The van der Waals surface area contributed by atoms with Gasteiger partial charge < -0.3 is 23.8 Å². The number of hydrogen-bond acceptors (Lipinski definition) is 6. The quantitative estimate of drug-likeness (QED) is 0.409. The van der Waals surface area contributed by atoms with E-state index in [9.17, 15) is 19.1 Å². The third-order valence-electron chi connectivity index (χ3n) is 2.57. The minimum atomic E-state index is -4.91. The van der Waals surface area contributed by atoms with Crippen LogP contribution in [0.25, 0.3) is 0 Å². The summed E-state index contributed by atoms with van der Waals surface area (Å²) >= 11 is 12.6. The number of rotatable bonds is 6. The summed E-state index contributed by atoms with van der Waals surface area (Å²) in [4.78, 5) is 32.5. The van der Waals surface area contributed by atoms with Gasteiger partial charge in [0.15, 0.2) is 20.0 Å². The summed E-state index contributed by atoms with van der Waals surface area (Å²) in [5.74, 6) is -2.55. The molecular weight excluding hydrogens is 409 g/mol. The molecule has 0 spiro atoms. The summed E-state index contributed by atoms with van der Waals surface area (Å²) in [7, 11) is -4.91. The first-order valence-electron chi connectivity index (χ1n) is 6.11. The SMILES string of the molecule is O=C(COc1ccc(Cl)cc1Cl)OC(c1cccs1)P(=O)([O-])O.[Na+]. The summed E-state index contributed by atoms with van der Waals surface area (Å²) in [5.41, 5.74) is 0. The van der Waals surface area contributed by atoms with Crippen LogP contribution in [0.2, 0.25) is 10.0 Å². The smallest absolute Gasteiger partial charge is 0.776 e. The van der Waals surface area contributed by atoms with Crippen LogP contribution in [-0.2, 0) is 14.1 Å². The molecule has 0 aliphatic rings. The summed E-state index contributed by atoms with van der Waals surface area (Å²) in [6.07, 6.45) is 0. The molecule has 2 unspecified atom stereocenters. The molecule has 0 saturated carbocycles. The summed E-state index contributed by atoms with van der Waals surface area (Å²) < 4.78 is 21.3. The molecule has 2 atom stereocenters. The van der Waals surface area contributed by atoms with Crippen molar-refractivity contribution in [3.8, 4) is 5.75 Å². The molecule has 6 nitrogen and oxygen atoms in total. The molecule has 0 fully saturated rings. The van der Waals surface area contributed by atoms with E-state index >= 15 is 0 Å². The number of halogens is 2. The van der Waals surface area contributed by atoms with Gasteiger partial charge in [0.05, 0.1) is 9.90 Å². The summed E-state index contributed by atoms with van der Waals surface area (Å²) in [6.45, 7) is -0.580. The zero-order valence-electron chi connectivity index (χ0n) is 12.3. The number of hydrogen-bond donors (Lipinski definition) is 1. The van der Waals surface area contributed by atoms with Crippen LogP contribution in [-0.4, -0.2) is 17.5 Å². The molecule has 2 rings (SSSR count). The molecule has 1 N–H and O–H groups in total. The Kier molecular flexibility index (Phi) is 8.76. The second-order valence-corrected chi connectivity index (χ2v) is 7.71. The van der Waals surface area contributed by atoms with Crippen molar-refractivity contribution in [3.05, 3.63) is 50.6 Å². The van der Waals surface area contributed by atoms with E-state index in [1.807, 2.05) is 0 Å². The van der Waals surface area contributed by atoms with Crippen molar-refractivity contribution in [2.45, 2.75) is 5.85 Å². The molecule has 24 heavy (non-hydrogen) atoms. The summed E-state index contributed by atoms with van der Waals surface area (Å²) in [6, 6.07) is 7.40. The van der Waals surface area contributed by atoms with E-state index in [0.717, 1.165) is 11.3 Å². The number of carbonyl (C=O) groups excluding carboxylic acids is 1. The fourth-order valence-electron chi connectivity index (χ4n) is 1.60. The molecular formula is C13H10Cl2NaO6PS. The van der Waals surface area contributed by atoms with Gasteiger partial charge in [0, 0.05) is 5.02 Å². The van der Waals surface area contributed by atoms with Crippen LogP contribution in [0.1, 0.15) is 10.7 Å². The molecule has 124 valence electrons. The second-order valence-electron chi connectivity index (χ2n) is 4.29. The molecule has 0 aliphatic carbocycles. The predicted molar refractivity (Wildman–Crippen MR) is 84.9 cm³/mol. The van der Waals surface area contributed by atoms with Crippen LogP contribution >= 0.6 is 42.1 Å². The largest absolute Gasteiger partial charge is 1.00 e. The van der Waals surface area contributed by atoms with Crippen LogP contribution in [0, 0.1) is 0 Å². The Balaban J connectivity index is 0.00000288. The van der Waals surface area contributed by atoms with Gasteiger partial charge in [0.25, 0.3) is 0 Å². The second kappa shape index (κ2) is 9.57. The van der Waals surface area contributed by atoms with Crippen molar-refractivity contribution < 1.29 is 58.2 Å². The monoisotopic (exact) mass is 418 g/mol. The minimum Gasteiger partial charge on any atom is -0.776 e. The molecule has 0 radical (unpaired) electrons. The zero-order chi connectivity index (χ0) is 17.0. The molecule has 0 amide bonds. The third kappa shape index (κ3) is 6.33. The van der Waals surface area contributed by atoms with E-state index in [1.165, 1.54) is 24.3 Å². The maximum atomic E-state index is 11.8. The minimum absolute atomic E-state index is 0. The van der Waals surface area contributed by atoms with Crippen LogP contribution in [0.5, 0.6) is 5.75 Å². The normalized spacial score (nSPS) is 14.2. The fourth-order valence-corrected chi connectivity index (χ4v) is 3.94. The molecule has 0 saturated heterocycles. The van der Waals surface area contributed by atoms with Gasteiger partial charge in [-0.3, -0.25) is 0 Å². The van der Waals surface area contributed by atoms with Gasteiger partial charge in [0.2, 0.25) is 0 Å². The maximum Gasteiger partial charge on any atom is 1.00 e. The Hall–Kier alpha value is -0.0800. The molecule has 2 aromatic rings. The molecule has 1 aromatic heterocycles. The van der Waals surface area contributed by atoms with E-state index in [2.05, 4.69) is 0 Å². The topological polar surface area (TPSA) is 95.9 Å². The van der Waals surface area contributed by atoms with Crippen LogP contribution in [0.3, 0.4) is 0 Å². The number of thiophene rings is 1. The van der Waals surface area contributed by atoms with Crippen molar-refractivity contribution in [2.24, 2.45) is 0 Å². The van der Waals surface area contributed by atoms with E-state index in [1.54, 1.807) is 11.4 Å². The molecule has 11 heteroatoms. The van der Waals surface area contributed by atoms with Crippen molar-refractivity contribution >= 4 is 48.1 Å².